The Morgan fingerprint density at radius 2 is 1.78 bits per heavy atom. The molecular weight excluding hydrogens is 540 g/mol. The number of carbonyl (C=O) groups is 3. The fraction of sp³-hybridized carbons (Fsp3) is 0.263. The van der Waals surface area contributed by atoms with Crippen LogP contribution >= 0.6 is 23.4 Å². The highest BCUT2D eigenvalue weighted by molar-refractivity contribution is 8.15. The van der Waals surface area contributed by atoms with Crippen molar-refractivity contribution < 1.29 is 42.2 Å². The molecule has 0 spiro atoms. The van der Waals surface area contributed by atoms with Crippen molar-refractivity contribution in [3.05, 3.63) is 55.6 Å². The Morgan fingerprint density at radius 3 is 2.33 bits per heavy atom. The molecule has 2 aromatic rings. The fourth-order valence-corrected chi connectivity index (χ4v) is 4.50. The lowest BCUT2D eigenvalue weighted by molar-refractivity contribution is -0.144. The van der Waals surface area contributed by atoms with E-state index in [0.29, 0.717) is 22.7 Å². The molecule has 0 radical (unpaired) electrons. The SMILES string of the molecule is Cn1c(C(F)(F)F)cc(=O)n(-c2cc(N=C3SC(CC(=O)O)C(=O)N3CC(=O)O)c(Cl)cc2F)c1=O. The van der Waals surface area contributed by atoms with Gasteiger partial charge in [0.1, 0.15) is 23.3 Å². The maximum atomic E-state index is 14.7. The number of aromatic nitrogens is 2. The van der Waals surface area contributed by atoms with E-state index in [2.05, 4.69) is 4.99 Å². The number of amides is 1. The van der Waals surface area contributed by atoms with E-state index in [1.165, 1.54) is 0 Å². The molecule has 0 aliphatic carbocycles. The van der Waals surface area contributed by atoms with Crippen LogP contribution in [0.5, 0.6) is 0 Å². The summed E-state index contributed by atoms with van der Waals surface area (Å²) in [6.07, 6.45) is -5.72. The minimum Gasteiger partial charge on any atom is -0.481 e. The largest absolute Gasteiger partial charge is 0.481 e. The summed E-state index contributed by atoms with van der Waals surface area (Å²) in [6, 6.07) is 1.45. The van der Waals surface area contributed by atoms with Gasteiger partial charge < -0.3 is 10.2 Å². The van der Waals surface area contributed by atoms with Crippen LogP contribution in [0.25, 0.3) is 5.69 Å². The second kappa shape index (κ2) is 9.77. The van der Waals surface area contributed by atoms with Gasteiger partial charge in [-0.1, -0.05) is 23.4 Å². The van der Waals surface area contributed by atoms with Gasteiger partial charge in [-0.25, -0.2) is 18.7 Å². The zero-order chi connectivity index (χ0) is 27.1. The standard InChI is InChI=1S/C19H13ClF4N4O7S/c1-26-12(19(22,23)24)5-13(29)28(18(26)35)10-3-9(7(20)2-8(10)21)25-17-27(6-15(32)33)16(34)11(36-17)4-14(30)31/h2-3,5,11H,4,6H2,1H3,(H,30,31)(H,32,33). The van der Waals surface area contributed by atoms with Crippen molar-refractivity contribution in [2.75, 3.05) is 6.54 Å². The number of halogens is 5. The van der Waals surface area contributed by atoms with E-state index in [4.69, 9.17) is 21.8 Å². The molecule has 1 amide bonds. The Hall–Kier alpha value is -3.66. The van der Waals surface area contributed by atoms with Gasteiger partial charge in [-0.05, 0) is 12.1 Å². The molecule has 1 fully saturated rings. The van der Waals surface area contributed by atoms with Crippen molar-refractivity contribution in [1.29, 1.82) is 0 Å². The number of hydrogen-bond acceptors (Lipinski definition) is 7. The van der Waals surface area contributed by atoms with Crippen LogP contribution in [-0.2, 0) is 27.6 Å². The topological polar surface area (TPSA) is 151 Å². The van der Waals surface area contributed by atoms with Crippen LogP contribution in [0.1, 0.15) is 12.1 Å². The summed E-state index contributed by atoms with van der Waals surface area (Å²) >= 11 is 6.57. The number of thioether (sulfide) groups is 1. The summed E-state index contributed by atoms with van der Waals surface area (Å²) in [4.78, 5) is 64.2. The van der Waals surface area contributed by atoms with Gasteiger partial charge in [-0.2, -0.15) is 13.2 Å². The summed E-state index contributed by atoms with van der Waals surface area (Å²) < 4.78 is 54.2. The number of carboxylic acids is 2. The van der Waals surface area contributed by atoms with Crippen LogP contribution in [-0.4, -0.2) is 59.1 Å². The maximum Gasteiger partial charge on any atom is 0.431 e. The maximum absolute atomic E-state index is 14.7. The van der Waals surface area contributed by atoms with Crippen LogP contribution in [0, 0.1) is 5.82 Å². The Labute approximate surface area is 206 Å². The van der Waals surface area contributed by atoms with E-state index in [1.54, 1.807) is 0 Å². The third-order valence-corrected chi connectivity index (χ3v) is 6.24. The van der Waals surface area contributed by atoms with Crippen LogP contribution in [0.4, 0.5) is 23.2 Å². The molecule has 1 atom stereocenters. The van der Waals surface area contributed by atoms with Gasteiger partial charge in [0.25, 0.3) is 5.56 Å². The molecule has 2 N–H and O–H groups in total. The average Bonchev–Trinajstić information content (AvgIpc) is 3.00. The molecule has 1 aliphatic heterocycles. The van der Waals surface area contributed by atoms with Crippen molar-refractivity contribution in [2.45, 2.75) is 17.8 Å². The molecule has 2 heterocycles. The number of benzene rings is 1. The highest BCUT2D eigenvalue weighted by atomic mass is 35.5. The molecule has 11 nitrogen and oxygen atoms in total. The summed E-state index contributed by atoms with van der Waals surface area (Å²) in [7, 11) is 0.725. The highest BCUT2D eigenvalue weighted by Crippen LogP contribution is 2.35. The van der Waals surface area contributed by atoms with Gasteiger partial charge >= 0.3 is 23.8 Å². The van der Waals surface area contributed by atoms with Gasteiger partial charge in [-0.3, -0.25) is 28.6 Å². The Balaban J connectivity index is 2.18. The molecule has 17 heteroatoms. The average molecular weight is 553 g/mol. The summed E-state index contributed by atoms with van der Waals surface area (Å²) in [5.74, 6) is -4.96. The van der Waals surface area contributed by atoms with Crippen LogP contribution in [0.15, 0.2) is 32.8 Å². The normalized spacial score (nSPS) is 17.2. The van der Waals surface area contributed by atoms with Gasteiger partial charge in [0.15, 0.2) is 5.17 Å². The van der Waals surface area contributed by atoms with Gasteiger partial charge in [0.05, 0.1) is 22.8 Å². The summed E-state index contributed by atoms with van der Waals surface area (Å²) in [5.41, 5.74) is -5.82. The Bertz CT molecular complexity index is 1440. The smallest absolute Gasteiger partial charge is 0.431 e. The summed E-state index contributed by atoms with van der Waals surface area (Å²) in [6.45, 7) is -0.897. The van der Waals surface area contributed by atoms with Crippen LogP contribution in [0.2, 0.25) is 5.02 Å². The Morgan fingerprint density at radius 1 is 1.14 bits per heavy atom. The number of amidine groups is 1. The lowest BCUT2D eigenvalue weighted by Crippen LogP contribution is -2.41. The minimum absolute atomic E-state index is 0.0948. The number of aliphatic imine (C=N–C) groups is 1. The molecule has 0 bridgehead atoms. The van der Waals surface area contributed by atoms with Crippen molar-refractivity contribution in [2.24, 2.45) is 12.0 Å². The molecule has 1 aliphatic rings. The molecule has 1 aromatic heterocycles. The van der Waals surface area contributed by atoms with E-state index in [-0.39, 0.29) is 26.1 Å². The number of nitrogens with zero attached hydrogens (tertiary/aromatic N) is 4. The second-order valence-electron chi connectivity index (χ2n) is 7.21. The van der Waals surface area contributed by atoms with Crippen molar-refractivity contribution in [3.8, 4) is 5.69 Å². The first-order chi connectivity index (χ1) is 16.6. The minimum atomic E-state index is -5.05. The van der Waals surface area contributed by atoms with Gasteiger partial charge in [-0.15, -0.1) is 0 Å². The number of aliphatic carboxylic acids is 2. The molecule has 3 rings (SSSR count). The molecule has 1 aromatic carbocycles. The molecular formula is C19H13ClF4N4O7S. The van der Waals surface area contributed by atoms with Crippen LogP contribution < -0.4 is 11.2 Å². The number of alkyl halides is 3. The van der Waals surface area contributed by atoms with Gasteiger partial charge in [0.2, 0.25) is 5.91 Å². The lowest BCUT2D eigenvalue weighted by atomic mass is 10.2. The summed E-state index contributed by atoms with van der Waals surface area (Å²) in [5, 5.41) is 16.1. The zero-order valence-electron chi connectivity index (χ0n) is 17.7. The molecule has 1 unspecified atom stereocenters. The fourth-order valence-electron chi connectivity index (χ4n) is 3.17. The zero-order valence-corrected chi connectivity index (χ0v) is 19.3. The number of carbonyl (C=O) groups excluding carboxylic acids is 1. The van der Waals surface area contributed by atoms with E-state index in [0.717, 1.165) is 13.1 Å². The van der Waals surface area contributed by atoms with E-state index >= 15 is 0 Å². The predicted molar refractivity (Wildman–Crippen MR) is 117 cm³/mol. The molecule has 1 saturated heterocycles. The third-order valence-electron chi connectivity index (χ3n) is 4.76. The van der Waals surface area contributed by atoms with E-state index in [1.807, 2.05) is 0 Å². The monoisotopic (exact) mass is 552 g/mol. The van der Waals surface area contributed by atoms with Gasteiger partial charge in [0, 0.05) is 13.1 Å². The van der Waals surface area contributed by atoms with Crippen LogP contribution in [0.3, 0.4) is 0 Å². The quantitative estimate of drug-likeness (QED) is 0.515. The van der Waals surface area contributed by atoms with E-state index in [9.17, 15) is 41.5 Å². The number of rotatable bonds is 6. The molecule has 0 saturated carbocycles. The first-order valence-electron chi connectivity index (χ1n) is 9.51. The number of carboxylic acid groups (broad SMARTS) is 2. The highest BCUT2D eigenvalue weighted by Gasteiger charge is 2.40. The first kappa shape index (κ1) is 26.9. The van der Waals surface area contributed by atoms with Crippen molar-refractivity contribution >= 4 is 52.1 Å². The van der Waals surface area contributed by atoms with Crippen molar-refractivity contribution in [3.63, 3.8) is 0 Å². The first-order valence-corrected chi connectivity index (χ1v) is 10.8. The molecule has 192 valence electrons. The second-order valence-corrected chi connectivity index (χ2v) is 8.79. The lowest BCUT2D eigenvalue weighted by Gasteiger charge is -2.15. The van der Waals surface area contributed by atoms with Crippen molar-refractivity contribution in [1.82, 2.24) is 14.0 Å². The number of hydrogen-bond donors (Lipinski definition) is 2. The molecule has 36 heavy (non-hydrogen) atoms. The predicted octanol–water partition coefficient (Wildman–Crippen LogP) is 1.84. The third kappa shape index (κ3) is 5.28. The Kier molecular flexibility index (Phi) is 7.31. The van der Waals surface area contributed by atoms with E-state index < -0.39 is 75.7 Å².